The highest BCUT2D eigenvalue weighted by Crippen LogP contribution is 2.24. The van der Waals surface area contributed by atoms with Crippen molar-refractivity contribution in [3.63, 3.8) is 0 Å². The van der Waals surface area contributed by atoms with Gasteiger partial charge in [-0.25, -0.2) is 4.39 Å². The fourth-order valence-corrected chi connectivity index (χ4v) is 1.25. The molecule has 1 radical (unpaired) electrons. The monoisotopic (exact) mass is 191 g/mol. The lowest BCUT2D eigenvalue weighted by molar-refractivity contribution is 0.627. The molecule has 0 aromatic heterocycles. The van der Waals surface area contributed by atoms with Gasteiger partial charge in [0.15, 0.2) is 0 Å². The van der Waals surface area contributed by atoms with E-state index < -0.39 is 5.82 Å². The number of halogens is 3. The molecule has 0 unspecified atom stereocenters. The van der Waals surface area contributed by atoms with Crippen molar-refractivity contribution in [2.45, 2.75) is 6.92 Å². The SMILES string of the molecule is C[CH]c1cc(F)c(Cl)cc1Cl. The van der Waals surface area contributed by atoms with Crippen molar-refractivity contribution < 1.29 is 4.39 Å². The Morgan fingerprint density at radius 2 is 1.91 bits per heavy atom. The Morgan fingerprint density at radius 3 is 2.45 bits per heavy atom. The Balaban J connectivity index is 3.21. The number of rotatable bonds is 1. The van der Waals surface area contributed by atoms with E-state index in [9.17, 15) is 4.39 Å². The highest BCUT2D eigenvalue weighted by molar-refractivity contribution is 6.35. The van der Waals surface area contributed by atoms with Crippen molar-refractivity contribution in [2.75, 3.05) is 0 Å². The molecule has 0 atom stereocenters. The molecule has 0 heterocycles. The van der Waals surface area contributed by atoms with E-state index in [0.29, 0.717) is 10.6 Å². The van der Waals surface area contributed by atoms with Crippen molar-refractivity contribution in [2.24, 2.45) is 0 Å². The largest absolute Gasteiger partial charge is 0.205 e. The molecule has 0 amide bonds. The van der Waals surface area contributed by atoms with Crippen LogP contribution in [0.25, 0.3) is 0 Å². The molecule has 0 aliphatic carbocycles. The molecule has 0 aliphatic rings. The Labute approximate surface area is 74.9 Å². The van der Waals surface area contributed by atoms with Crippen LogP contribution in [0.2, 0.25) is 10.0 Å². The van der Waals surface area contributed by atoms with E-state index in [1.165, 1.54) is 12.1 Å². The van der Waals surface area contributed by atoms with E-state index in [0.717, 1.165) is 0 Å². The lowest BCUT2D eigenvalue weighted by Crippen LogP contribution is -1.83. The Morgan fingerprint density at radius 1 is 1.27 bits per heavy atom. The summed E-state index contributed by atoms with van der Waals surface area (Å²) >= 11 is 11.2. The van der Waals surface area contributed by atoms with Gasteiger partial charge in [0, 0.05) is 5.02 Å². The van der Waals surface area contributed by atoms with Crippen LogP contribution in [0.15, 0.2) is 12.1 Å². The topological polar surface area (TPSA) is 0 Å². The first-order valence-corrected chi connectivity index (χ1v) is 3.84. The van der Waals surface area contributed by atoms with Crippen LogP contribution in [0.4, 0.5) is 4.39 Å². The molecule has 11 heavy (non-hydrogen) atoms. The van der Waals surface area contributed by atoms with Gasteiger partial charge in [-0.15, -0.1) is 0 Å². The van der Waals surface area contributed by atoms with E-state index in [-0.39, 0.29) is 5.02 Å². The second kappa shape index (κ2) is 3.42. The third-order valence-corrected chi connectivity index (χ3v) is 1.97. The number of hydrogen-bond donors (Lipinski definition) is 0. The van der Waals surface area contributed by atoms with Crippen LogP contribution in [-0.2, 0) is 0 Å². The maximum atomic E-state index is 12.7. The summed E-state index contributed by atoms with van der Waals surface area (Å²) < 4.78 is 12.7. The lowest BCUT2D eigenvalue weighted by atomic mass is 10.2. The Hall–Kier alpha value is -0.270. The zero-order valence-corrected chi connectivity index (χ0v) is 7.38. The summed E-state index contributed by atoms with van der Waals surface area (Å²) in [6.45, 7) is 1.79. The molecule has 3 heteroatoms. The van der Waals surface area contributed by atoms with Crippen LogP contribution in [0.1, 0.15) is 12.5 Å². The summed E-state index contributed by atoms with van der Waals surface area (Å²) in [7, 11) is 0. The van der Waals surface area contributed by atoms with Crippen LogP contribution in [0.3, 0.4) is 0 Å². The van der Waals surface area contributed by atoms with Gasteiger partial charge in [-0.2, -0.15) is 0 Å². The standard InChI is InChI=1S/C8H6Cl2F/c1-2-5-3-8(11)7(10)4-6(5)9/h2-4H,1H3. The number of hydrogen-bond acceptors (Lipinski definition) is 0. The van der Waals surface area contributed by atoms with Gasteiger partial charge in [-0.1, -0.05) is 30.1 Å². The van der Waals surface area contributed by atoms with Gasteiger partial charge in [0.25, 0.3) is 0 Å². The first-order valence-electron chi connectivity index (χ1n) is 3.09. The average molecular weight is 192 g/mol. The minimum absolute atomic E-state index is 0.0561. The van der Waals surface area contributed by atoms with Crippen LogP contribution in [0, 0.1) is 12.2 Å². The Bertz CT molecular complexity index is 271. The molecule has 1 rings (SSSR count). The van der Waals surface area contributed by atoms with Gasteiger partial charge in [0.1, 0.15) is 5.82 Å². The highest BCUT2D eigenvalue weighted by atomic mass is 35.5. The van der Waals surface area contributed by atoms with Crippen LogP contribution >= 0.6 is 23.2 Å². The van der Waals surface area contributed by atoms with Gasteiger partial charge in [0.05, 0.1) is 5.02 Å². The molecule has 0 saturated carbocycles. The molecule has 0 fully saturated rings. The molecular formula is C8H6Cl2F. The second-order valence-electron chi connectivity index (χ2n) is 2.08. The maximum absolute atomic E-state index is 12.7. The van der Waals surface area contributed by atoms with Crippen LogP contribution in [0.5, 0.6) is 0 Å². The van der Waals surface area contributed by atoms with Crippen molar-refractivity contribution in [3.05, 3.63) is 40.0 Å². The second-order valence-corrected chi connectivity index (χ2v) is 2.89. The van der Waals surface area contributed by atoms with Crippen LogP contribution in [-0.4, -0.2) is 0 Å². The molecule has 0 aliphatic heterocycles. The molecule has 0 nitrogen and oxygen atoms in total. The smallest absolute Gasteiger partial charge is 0.142 e. The minimum atomic E-state index is -0.441. The van der Waals surface area contributed by atoms with Gasteiger partial charge in [-0.3, -0.25) is 0 Å². The first kappa shape index (κ1) is 8.82. The fourth-order valence-electron chi connectivity index (χ4n) is 0.759. The molecule has 59 valence electrons. The van der Waals surface area contributed by atoms with Crippen molar-refractivity contribution in [3.8, 4) is 0 Å². The fraction of sp³-hybridized carbons (Fsp3) is 0.125. The summed E-state index contributed by atoms with van der Waals surface area (Å²) in [5, 5.41) is 0.527. The molecule has 1 aromatic rings. The Kier molecular flexibility index (Phi) is 2.74. The van der Waals surface area contributed by atoms with E-state index in [4.69, 9.17) is 23.2 Å². The quantitative estimate of drug-likeness (QED) is 0.595. The van der Waals surface area contributed by atoms with Gasteiger partial charge in [0.2, 0.25) is 0 Å². The predicted octanol–water partition coefficient (Wildman–Crippen LogP) is 3.70. The average Bonchev–Trinajstić information content (AvgIpc) is 1.97. The zero-order valence-electron chi connectivity index (χ0n) is 5.87. The summed E-state index contributed by atoms with van der Waals surface area (Å²) in [4.78, 5) is 0. The van der Waals surface area contributed by atoms with Gasteiger partial charge >= 0.3 is 0 Å². The maximum Gasteiger partial charge on any atom is 0.142 e. The third kappa shape index (κ3) is 1.85. The highest BCUT2D eigenvalue weighted by Gasteiger charge is 2.04. The molecule has 1 aromatic carbocycles. The lowest BCUT2D eigenvalue weighted by Gasteiger charge is -2.01. The van der Waals surface area contributed by atoms with Crippen molar-refractivity contribution in [1.82, 2.24) is 0 Å². The normalized spacial score (nSPS) is 10.2. The van der Waals surface area contributed by atoms with E-state index in [1.807, 2.05) is 0 Å². The van der Waals surface area contributed by atoms with Gasteiger partial charge < -0.3 is 0 Å². The number of benzene rings is 1. The summed E-state index contributed by atoms with van der Waals surface area (Å²) in [5.74, 6) is -0.441. The van der Waals surface area contributed by atoms with E-state index in [2.05, 4.69) is 0 Å². The van der Waals surface area contributed by atoms with E-state index >= 15 is 0 Å². The molecule has 0 bridgehead atoms. The van der Waals surface area contributed by atoms with Gasteiger partial charge in [-0.05, 0) is 24.1 Å². The van der Waals surface area contributed by atoms with E-state index in [1.54, 1.807) is 13.3 Å². The zero-order chi connectivity index (χ0) is 8.43. The first-order chi connectivity index (χ1) is 5.15. The van der Waals surface area contributed by atoms with Crippen molar-refractivity contribution in [1.29, 1.82) is 0 Å². The van der Waals surface area contributed by atoms with Crippen molar-refractivity contribution >= 4 is 23.2 Å². The third-order valence-electron chi connectivity index (χ3n) is 1.35. The summed E-state index contributed by atoms with van der Waals surface area (Å²) in [5.41, 5.74) is 0.661. The van der Waals surface area contributed by atoms with Crippen LogP contribution < -0.4 is 0 Å². The molecular weight excluding hydrogens is 186 g/mol. The summed E-state index contributed by atoms with van der Waals surface area (Å²) in [6.07, 6.45) is 1.72. The summed E-state index contributed by atoms with van der Waals surface area (Å²) in [6, 6.07) is 2.71. The molecule has 0 spiro atoms. The molecule has 0 N–H and O–H groups in total. The minimum Gasteiger partial charge on any atom is -0.205 e. The predicted molar refractivity (Wildman–Crippen MR) is 45.5 cm³/mol. The molecule has 0 saturated heterocycles.